The molecule has 0 bridgehead atoms. The van der Waals surface area contributed by atoms with Crippen LogP contribution in [0.5, 0.6) is 11.5 Å². The molecule has 3 aromatic heterocycles. The maximum Gasteiger partial charge on any atom is 0.269 e. The lowest BCUT2D eigenvalue weighted by Crippen LogP contribution is -2.31. The fourth-order valence-electron chi connectivity index (χ4n) is 7.77. The van der Waals surface area contributed by atoms with Crippen molar-refractivity contribution in [2.24, 2.45) is 0 Å². The Bertz CT molecular complexity index is 3760. The normalized spacial score (nSPS) is 13.8. The smallest absolute Gasteiger partial charge is 0.269 e. The van der Waals surface area contributed by atoms with Crippen LogP contribution in [0.2, 0.25) is 0 Å². The molecule has 0 aliphatic heterocycles. The summed E-state index contributed by atoms with van der Waals surface area (Å²) in [5.41, 5.74) is 5.83. The number of hydrogen-bond acceptors (Lipinski definition) is 2. The lowest BCUT2D eigenvalue weighted by molar-refractivity contribution is -0.571. The molecule has 11 aromatic rings. The quantitative estimate of drug-likeness (QED) is 0.114. The largest absolute Gasteiger partial charge is 0.458 e. The molecule has 0 unspecified atom stereocenters. The SMILES string of the molecule is [2H]c1c([2H])c([2H])c(-c2cccc(-c3c([2H])c([2H])c([2H])c([2H])c3[2H])c2-[n+]2[c-]n(-c3cccc(Oc4ccc5c6ccccc6n(-c6cccc(-c7ccccc7)n6)c5c4)c3)c3ccccc32)c([2H])c1[2H]. The molecule has 0 aliphatic rings. The van der Waals surface area contributed by atoms with Crippen molar-refractivity contribution in [3.05, 3.63) is 224 Å². The molecule has 5 heteroatoms. The molecule has 0 spiro atoms. The fourth-order valence-corrected chi connectivity index (χ4v) is 7.77. The standard InChI is InChI=1S/C54H36N4O/c1-4-17-38(18-5-1)44-26-15-27-45(39-19-6-2-7-20-39)54(44)57-37-56(50-30-12-13-31-51(50)57)41-23-14-24-42(35-41)59-43-33-34-47-46-25-10-11-29-49(46)58(52(47)36-43)53-32-16-28-48(55-53)40-21-8-3-9-22-40/h1-36H/i1D,2D,4D,5D,6D,7D,17D,18D,19D,20D. The van der Waals surface area contributed by atoms with E-state index in [1.165, 1.54) is 0 Å². The maximum atomic E-state index is 9.00. The van der Waals surface area contributed by atoms with Crippen LogP contribution in [0.1, 0.15) is 13.7 Å². The Hall–Kier alpha value is -8.02. The number of imidazole rings is 1. The molecule has 0 N–H and O–H groups in total. The number of nitrogens with zero attached hydrogens (tertiary/aromatic N) is 4. The molecule has 0 atom stereocenters. The summed E-state index contributed by atoms with van der Waals surface area (Å²) in [4.78, 5) is 5.11. The first-order valence-electron chi connectivity index (χ1n) is 24.0. The monoisotopic (exact) mass is 766 g/mol. The molecule has 8 aromatic carbocycles. The highest BCUT2D eigenvalue weighted by molar-refractivity contribution is 6.09. The van der Waals surface area contributed by atoms with Crippen LogP contribution in [0.3, 0.4) is 0 Å². The first-order valence-corrected chi connectivity index (χ1v) is 19.0. The molecular weight excluding hydrogens is 721 g/mol. The third-order valence-electron chi connectivity index (χ3n) is 10.4. The number of ether oxygens (including phenoxy) is 1. The Morgan fingerprint density at radius 3 is 1.93 bits per heavy atom. The van der Waals surface area contributed by atoms with E-state index in [4.69, 9.17) is 23.4 Å². The maximum absolute atomic E-state index is 9.00. The number of rotatable bonds is 8. The van der Waals surface area contributed by atoms with E-state index in [1.807, 2.05) is 127 Å². The molecule has 278 valence electrons. The van der Waals surface area contributed by atoms with Crippen LogP contribution in [0, 0.1) is 6.33 Å². The second-order valence-corrected chi connectivity index (χ2v) is 13.8. The zero-order valence-electron chi connectivity index (χ0n) is 41.2. The Labute approximate surface area is 356 Å². The van der Waals surface area contributed by atoms with Crippen molar-refractivity contribution in [3.63, 3.8) is 0 Å². The van der Waals surface area contributed by atoms with Gasteiger partial charge in [0, 0.05) is 22.4 Å². The van der Waals surface area contributed by atoms with Crippen molar-refractivity contribution in [2.45, 2.75) is 0 Å². The average Bonchev–Trinajstić information content (AvgIpc) is 3.93. The minimum absolute atomic E-state index is 0.131. The Morgan fingerprint density at radius 1 is 0.508 bits per heavy atom. The van der Waals surface area contributed by atoms with Gasteiger partial charge in [-0.25, -0.2) is 4.98 Å². The molecule has 3 heterocycles. The van der Waals surface area contributed by atoms with E-state index in [1.54, 1.807) is 27.3 Å². The van der Waals surface area contributed by atoms with Gasteiger partial charge in [0.25, 0.3) is 6.33 Å². The molecule has 0 saturated heterocycles. The number of benzene rings is 8. The number of para-hydroxylation sites is 4. The zero-order valence-corrected chi connectivity index (χ0v) is 31.2. The van der Waals surface area contributed by atoms with Crippen molar-refractivity contribution in [1.29, 1.82) is 0 Å². The summed E-state index contributed by atoms with van der Waals surface area (Å²) in [7, 11) is 0. The molecule has 0 radical (unpaired) electrons. The number of pyridine rings is 1. The van der Waals surface area contributed by atoms with Gasteiger partial charge in [0.15, 0.2) is 0 Å². The predicted octanol–water partition coefficient (Wildman–Crippen LogP) is 13.0. The summed E-state index contributed by atoms with van der Waals surface area (Å²) in [6.07, 6.45) is 3.43. The lowest BCUT2D eigenvalue weighted by Gasteiger charge is -2.17. The fraction of sp³-hybridized carbons (Fsp3) is 0. The highest BCUT2D eigenvalue weighted by atomic mass is 16.5. The highest BCUT2D eigenvalue weighted by Gasteiger charge is 2.20. The van der Waals surface area contributed by atoms with Crippen LogP contribution in [0.25, 0.3) is 83.5 Å². The van der Waals surface area contributed by atoms with Gasteiger partial charge in [-0.05, 0) is 70.8 Å². The predicted molar refractivity (Wildman–Crippen MR) is 239 cm³/mol. The summed E-state index contributed by atoms with van der Waals surface area (Å²) in [5.74, 6) is 1.85. The Balaban J connectivity index is 1.07. The summed E-state index contributed by atoms with van der Waals surface area (Å²) in [6, 6.07) is 44.6. The molecule has 0 amide bonds. The topological polar surface area (TPSA) is 35.9 Å². The van der Waals surface area contributed by atoms with E-state index in [0.29, 0.717) is 28.2 Å². The summed E-state index contributed by atoms with van der Waals surface area (Å²) >= 11 is 0. The average molecular weight is 767 g/mol. The first kappa shape index (κ1) is 25.3. The Morgan fingerprint density at radius 2 is 1.15 bits per heavy atom. The first-order chi connectivity index (χ1) is 33.4. The van der Waals surface area contributed by atoms with Gasteiger partial charge in [0.1, 0.15) is 17.3 Å². The van der Waals surface area contributed by atoms with Gasteiger partial charge in [-0.15, -0.1) is 0 Å². The minimum Gasteiger partial charge on any atom is -0.458 e. The van der Waals surface area contributed by atoms with Crippen LogP contribution in [0.4, 0.5) is 0 Å². The molecule has 0 saturated carbocycles. The van der Waals surface area contributed by atoms with Gasteiger partial charge in [0.2, 0.25) is 0 Å². The van der Waals surface area contributed by atoms with Crippen LogP contribution >= 0.6 is 0 Å². The van der Waals surface area contributed by atoms with E-state index in [9.17, 15) is 0 Å². The highest BCUT2D eigenvalue weighted by Crippen LogP contribution is 2.37. The third-order valence-corrected chi connectivity index (χ3v) is 10.4. The van der Waals surface area contributed by atoms with Crippen molar-refractivity contribution < 1.29 is 23.0 Å². The van der Waals surface area contributed by atoms with Crippen molar-refractivity contribution in [3.8, 4) is 62.2 Å². The third kappa shape index (κ3) is 6.13. The molecule has 5 nitrogen and oxygen atoms in total. The Kier molecular flexibility index (Phi) is 6.21. The van der Waals surface area contributed by atoms with Gasteiger partial charge in [-0.1, -0.05) is 164 Å². The second kappa shape index (κ2) is 14.5. The van der Waals surface area contributed by atoms with Crippen molar-refractivity contribution in [1.82, 2.24) is 14.1 Å². The number of fused-ring (bicyclic) bond motifs is 4. The van der Waals surface area contributed by atoms with Crippen LogP contribution in [0.15, 0.2) is 218 Å². The van der Waals surface area contributed by atoms with Crippen molar-refractivity contribution >= 4 is 32.8 Å². The molecule has 0 aliphatic carbocycles. The van der Waals surface area contributed by atoms with E-state index in [0.717, 1.165) is 38.9 Å². The number of aromatic nitrogens is 4. The van der Waals surface area contributed by atoms with Crippen LogP contribution in [-0.2, 0) is 0 Å². The van der Waals surface area contributed by atoms with Gasteiger partial charge < -0.3 is 4.74 Å². The molecule has 11 rings (SSSR count). The van der Waals surface area contributed by atoms with E-state index in [2.05, 4.69) is 23.0 Å². The van der Waals surface area contributed by atoms with Crippen LogP contribution in [-0.4, -0.2) is 14.1 Å². The van der Waals surface area contributed by atoms with E-state index in [-0.39, 0.29) is 27.9 Å². The molecular formula is C54H36N4O. The van der Waals surface area contributed by atoms with Gasteiger partial charge in [-0.3, -0.25) is 13.7 Å². The van der Waals surface area contributed by atoms with Gasteiger partial charge in [-0.2, -0.15) is 0 Å². The minimum atomic E-state index is -0.567. The van der Waals surface area contributed by atoms with E-state index >= 15 is 0 Å². The summed E-state index contributed by atoms with van der Waals surface area (Å²) in [5, 5.41) is 2.10. The van der Waals surface area contributed by atoms with Crippen molar-refractivity contribution in [2.75, 3.05) is 0 Å². The van der Waals surface area contributed by atoms with Gasteiger partial charge in [0.05, 0.1) is 52.8 Å². The summed E-state index contributed by atoms with van der Waals surface area (Å²) in [6.45, 7) is 0. The summed E-state index contributed by atoms with van der Waals surface area (Å²) < 4.78 is 99.1. The second-order valence-electron chi connectivity index (χ2n) is 13.8. The van der Waals surface area contributed by atoms with E-state index < -0.39 is 60.4 Å². The number of hydrogen-bond donors (Lipinski definition) is 0. The molecule has 0 fully saturated rings. The van der Waals surface area contributed by atoms with Crippen LogP contribution < -0.4 is 9.30 Å². The molecule has 59 heavy (non-hydrogen) atoms. The lowest BCUT2D eigenvalue weighted by atomic mass is 9.95. The van der Waals surface area contributed by atoms with Gasteiger partial charge >= 0.3 is 0 Å². The zero-order chi connectivity index (χ0) is 47.8.